The molecule has 3 rings (SSSR count). The average molecular weight is 416 g/mol. The quantitative estimate of drug-likeness (QED) is 0.665. The second-order valence-corrected chi connectivity index (χ2v) is 8.72. The van der Waals surface area contributed by atoms with Gasteiger partial charge in [0.15, 0.2) is 0 Å². The van der Waals surface area contributed by atoms with E-state index in [1.54, 1.807) is 6.92 Å². The van der Waals surface area contributed by atoms with Gasteiger partial charge in [0, 0.05) is 30.3 Å². The van der Waals surface area contributed by atoms with Crippen LogP contribution in [0, 0.1) is 5.92 Å². The number of nitrogens with one attached hydrogen (secondary N) is 2. The van der Waals surface area contributed by atoms with Crippen molar-refractivity contribution < 1.29 is 14.3 Å². The summed E-state index contributed by atoms with van der Waals surface area (Å²) in [6, 6.07) is 7.87. The molecule has 1 aromatic carbocycles. The monoisotopic (exact) mass is 415 g/mol. The standard InChI is InChI=1S/C22H29N3O3S/c1-5-28-22(27)20-17-11-6-14(2)12-18(17)29-21(20)24-19(26)13-23-15-7-9-16(10-8-15)25(3)4/h7-10,14,23H,5-6,11-13H2,1-4H3,(H,24,26). The molecule has 7 heteroatoms. The Kier molecular flexibility index (Phi) is 6.79. The highest BCUT2D eigenvalue weighted by Gasteiger charge is 2.29. The third kappa shape index (κ3) is 5.09. The number of hydrogen-bond donors (Lipinski definition) is 2. The fourth-order valence-electron chi connectivity index (χ4n) is 3.49. The number of esters is 1. The van der Waals surface area contributed by atoms with Crippen LogP contribution in [0.15, 0.2) is 24.3 Å². The Morgan fingerprint density at radius 2 is 1.97 bits per heavy atom. The number of rotatable bonds is 7. The maximum atomic E-state index is 12.5. The van der Waals surface area contributed by atoms with Crippen molar-refractivity contribution in [3.05, 3.63) is 40.3 Å². The molecule has 2 aromatic rings. The molecule has 1 aliphatic carbocycles. The molecule has 1 amide bonds. The number of ether oxygens (including phenoxy) is 1. The molecule has 1 aromatic heterocycles. The number of fused-ring (bicyclic) bond motifs is 1. The normalized spacial score (nSPS) is 15.4. The second-order valence-electron chi connectivity index (χ2n) is 7.62. The first-order valence-electron chi connectivity index (χ1n) is 10.0. The lowest BCUT2D eigenvalue weighted by molar-refractivity contribution is -0.114. The molecule has 1 atom stereocenters. The first kappa shape index (κ1) is 21.2. The van der Waals surface area contributed by atoms with E-state index < -0.39 is 0 Å². The van der Waals surface area contributed by atoms with Crippen LogP contribution in [-0.4, -0.2) is 39.1 Å². The first-order chi connectivity index (χ1) is 13.9. The Hall–Kier alpha value is -2.54. The Morgan fingerprint density at radius 1 is 1.24 bits per heavy atom. The predicted molar refractivity (Wildman–Crippen MR) is 119 cm³/mol. The smallest absolute Gasteiger partial charge is 0.341 e. The lowest BCUT2D eigenvalue weighted by Gasteiger charge is -2.18. The second kappa shape index (κ2) is 9.31. The topological polar surface area (TPSA) is 70.7 Å². The summed E-state index contributed by atoms with van der Waals surface area (Å²) in [5, 5.41) is 6.67. The average Bonchev–Trinajstić information content (AvgIpc) is 3.03. The summed E-state index contributed by atoms with van der Waals surface area (Å²) < 4.78 is 5.26. The van der Waals surface area contributed by atoms with Crippen LogP contribution < -0.4 is 15.5 Å². The lowest BCUT2D eigenvalue weighted by atomic mass is 9.88. The fourth-order valence-corrected chi connectivity index (χ4v) is 4.90. The van der Waals surface area contributed by atoms with E-state index in [2.05, 4.69) is 17.6 Å². The molecule has 0 saturated carbocycles. The van der Waals surface area contributed by atoms with Gasteiger partial charge in [-0.2, -0.15) is 0 Å². The Bertz CT molecular complexity index is 874. The Labute approximate surface area is 176 Å². The molecule has 29 heavy (non-hydrogen) atoms. The number of nitrogens with zero attached hydrogens (tertiary/aromatic N) is 1. The molecule has 2 N–H and O–H groups in total. The van der Waals surface area contributed by atoms with Crippen molar-refractivity contribution in [3.8, 4) is 0 Å². The zero-order valence-electron chi connectivity index (χ0n) is 17.5. The van der Waals surface area contributed by atoms with Gasteiger partial charge in [-0.05, 0) is 61.9 Å². The third-order valence-corrected chi connectivity index (χ3v) is 6.25. The van der Waals surface area contributed by atoms with Crippen LogP contribution in [0.3, 0.4) is 0 Å². The van der Waals surface area contributed by atoms with Crippen LogP contribution in [0.25, 0.3) is 0 Å². The molecule has 1 aliphatic rings. The molecule has 6 nitrogen and oxygen atoms in total. The molecule has 0 saturated heterocycles. The van der Waals surface area contributed by atoms with E-state index in [1.807, 2.05) is 43.3 Å². The maximum Gasteiger partial charge on any atom is 0.341 e. The summed E-state index contributed by atoms with van der Waals surface area (Å²) in [4.78, 5) is 28.3. The van der Waals surface area contributed by atoms with Crippen molar-refractivity contribution in [3.63, 3.8) is 0 Å². The number of anilines is 3. The van der Waals surface area contributed by atoms with Gasteiger partial charge in [0.05, 0.1) is 18.7 Å². The molecular formula is C22H29N3O3S. The van der Waals surface area contributed by atoms with Crippen LogP contribution in [0.2, 0.25) is 0 Å². The number of carbonyl (C=O) groups is 2. The molecule has 0 bridgehead atoms. The maximum absolute atomic E-state index is 12.5. The number of carbonyl (C=O) groups excluding carboxylic acids is 2. The molecule has 0 radical (unpaired) electrons. The van der Waals surface area contributed by atoms with E-state index in [9.17, 15) is 9.59 Å². The van der Waals surface area contributed by atoms with Gasteiger partial charge in [0.25, 0.3) is 0 Å². The number of benzene rings is 1. The highest BCUT2D eigenvalue weighted by molar-refractivity contribution is 7.17. The zero-order chi connectivity index (χ0) is 21.0. The van der Waals surface area contributed by atoms with Gasteiger partial charge in [-0.15, -0.1) is 11.3 Å². The van der Waals surface area contributed by atoms with E-state index in [1.165, 1.54) is 16.2 Å². The molecule has 0 fully saturated rings. The van der Waals surface area contributed by atoms with Gasteiger partial charge >= 0.3 is 5.97 Å². The van der Waals surface area contributed by atoms with Crippen LogP contribution in [0.4, 0.5) is 16.4 Å². The summed E-state index contributed by atoms with van der Waals surface area (Å²) in [5.41, 5.74) is 3.56. The SMILES string of the molecule is CCOC(=O)c1c(NC(=O)CNc2ccc(N(C)C)cc2)sc2c1CCC(C)C2. The summed E-state index contributed by atoms with van der Waals surface area (Å²) in [5.74, 6) is 0.0625. The summed E-state index contributed by atoms with van der Waals surface area (Å²) in [6.45, 7) is 4.46. The van der Waals surface area contributed by atoms with Crippen LogP contribution in [0.1, 0.15) is 41.1 Å². The molecule has 1 heterocycles. The van der Waals surface area contributed by atoms with Crippen molar-refractivity contribution in [2.24, 2.45) is 5.92 Å². The lowest BCUT2D eigenvalue weighted by Crippen LogP contribution is -2.22. The first-order valence-corrected chi connectivity index (χ1v) is 10.8. The van der Waals surface area contributed by atoms with Crippen molar-refractivity contribution in [2.45, 2.75) is 33.1 Å². The Morgan fingerprint density at radius 3 is 2.62 bits per heavy atom. The van der Waals surface area contributed by atoms with Crippen molar-refractivity contribution in [2.75, 3.05) is 42.8 Å². The molecule has 156 valence electrons. The minimum absolute atomic E-state index is 0.128. The van der Waals surface area contributed by atoms with E-state index in [4.69, 9.17) is 4.74 Å². The van der Waals surface area contributed by atoms with Crippen LogP contribution in [-0.2, 0) is 22.4 Å². The van der Waals surface area contributed by atoms with E-state index in [0.29, 0.717) is 23.1 Å². The van der Waals surface area contributed by atoms with Gasteiger partial charge in [0.1, 0.15) is 5.00 Å². The van der Waals surface area contributed by atoms with E-state index in [0.717, 1.165) is 36.2 Å². The summed E-state index contributed by atoms with van der Waals surface area (Å²) in [6.07, 6.45) is 2.85. The van der Waals surface area contributed by atoms with Crippen LogP contribution in [0.5, 0.6) is 0 Å². The van der Waals surface area contributed by atoms with Crippen molar-refractivity contribution >= 4 is 39.6 Å². The van der Waals surface area contributed by atoms with Gasteiger partial charge in [-0.25, -0.2) is 4.79 Å². The summed E-state index contributed by atoms with van der Waals surface area (Å²) >= 11 is 1.51. The van der Waals surface area contributed by atoms with Crippen molar-refractivity contribution in [1.82, 2.24) is 0 Å². The largest absolute Gasteiger partial charge is 0.462 e. The van der Waals surface area contributed by atoms with E-state index >= 15 is 0 Å². The molecular weight excluding hydrogens is 386 g/mol. The minimum Gasteiger partial charge on any atom is -0.462 e. The molecule has 1 unspecified atom stereocenters. The number of thiophene rings is 1. The predicted octanol–water partition coefficient (Wildman–Crippen LogP) is 4.17. The highest BCUT2D eigenvalue weighted by Crippen LogP contribution is 2.40. The number of amides is 1. The fraction of sp³-hybridized carbons (Fsp3) is 0.455. The van der Waals surface area contributed by atoms with Crippen LogP contribution >= 0.6 is 11.3 Å². The van der Waals surface area contributed by atoms with Gasteiger partial charge in [-0.3, -0.25) is 4.79 Å². The number of hydrogen-bond acceptors (Lipinski definition) is 6. The summed E-state index contributed by atoms with van der Waals surface area (Å²) in [7, 11) is 3.97. The van der Waals surface area contributed by atoms with E-state index in [-0.39, 0.29) is 18.4 Å². The van der Waals surface area contributed by atoms with Gasteiger partial charge in [-0.1, -0.05) is 6.92 Å². The Balaban J connectivity index is 1.70. The molecule has 0 aliphatic heterocycles. The van der Waals surface area contributed by atoms with Crippen molar-refractivity contribution in [1.29, 1.82) is 0 Å². The molecule has 0 spiro atoms. The third-order valence-electron chi connectivity index (χ3n) is 5.08. The zero-order valence-corrected chi connectivity index (χ0v) is 18.3. The highest BCUT2D eigenvalue weighted by atomic mass is 32.1. The van der Waals surface area contributed by atoms with Gasteiger partial charge in [0.2, 0.25) is 5.91 Å². The van der Waals surface area contributed by atoms with Gasteiger partial charge < -0.3 is 20.3 Å². The minimum atomic E-state index is -0.345.